The summed E-state index contributed by atoms with van der Waals surface area (Å²) < 4.78 is 0. The Morgan fingerprint density at radius 2 is 1.07 bits per heavy atom. The summed E-state index contributed by atoms with van der Waals surface area (Å²) in [4.78, 5) is 32.8. The number of nitrogens with zero attached hydrogens (tertiary/aromatic N) is 1. The molecule has 0 heterocycles. The van der Waals surface area contributed by atoms with Gasteiger partial charge < -0.3 is 11.1 Å². The Kier molecular flexibility index (Phi) is 26.4. The zero-order valence-corrected chi connectivity index (χ0v) is 22.3. The molecule has 0 spiro atoms. The van der Waals surface area contributed by atoms with E-state index in [1.165, 1.54) is 77.0 Å². The van der Waals surface area contributed by atoms with E-state index in [0.717, 1.165) is 18.1 Å². The van der Waals surface area contributed by atoms with E-state index in [9.17, 15) is 9.59 Å². The first-order chi connectivity index (χ1) is 14.1. The van der Waals surface area contributed by atoms with Gasteiger partial charge in [0, 0.05) is 18.1 Å². The van der Waals surface area contributed by atoms with Crippen LogP contribution in [0.25, 0.3) is 0 Å². The van der Waals surface area contributed by atoms with Crippen LogP contribution in [0.15, 0.2) is 12.2 Å². The summed E-state index contributed by atoms with van der Waals surface area (Å²) in [6, 6.07) is 0. The van der Waals surface area contributed by atoms with Crippen LogP contribution in [0.2, 0.25) is 0 Å². The fourth-order valence-corrected chi connectivity index (χ4v) is 3.01. The summed E-state index contributed by atoms with van der Waals surface area (Å²) in [7, 11) is 0. The van der Waals surface area contributed by atoms with Crippen molar-refractivity contribution in [2.45, 2.75) is 124 Å². The molecule has 0 unspecified atom stereocenters. The first kappa shape index (κ1) is 31.8. The maximum Gasteiger partial charge on any atom is 1.00 e. The molecule has 0 aliphatic rings. The fourth-order valence-electron chi connectivity index (χ4n) is 3.01. The van der Waals surface area contributed by atoms with Crippen molar-refractivity contribution in [3.05, 3.63) is 12.2 Å². The van der Waals surface area contributed by atoms with E-state index >= 15 is 0 Å². The second-order valence-electron chi connectivity index (χ2n) is 7.65. The molecular formula is C24H46NNaO4. The number of carbonyl (C=O) groups excluding carboxylic acids is 2. The van der Waals surface area contributed by atoms with Gasteiger partial charge in [0.05, 0.1) is 6.54 Å². The summed E-state index contributed by atoms with van der Waals surface area (Å²) in [6.45, 7) is 5.93. The Hall–Kier alpha value is -0.360. The quantitative estimate of drug-likeness (QED) is 0.124. The minimum Gasteiger partial charge on any atom is -1.00 e. The number of hydroxylamine groups is 2. The van der Waals surface area contributed by atoms with Crippen LogP contribution in [0.1, 0.15) is 125 Å². The molecule has 0 amide bonds. The molecule has 0 radical (unpaired) electrons. The van der Waals surface area contributed by atoms with Crippen molar-refractivity contribution >= 4 is 11.9 Å². The van der Waals surface area contributed by atoms with Gasteiger partial charge in [0.2, 0.25) is 0 Å². The molecule has 0 aliphatic carbocycles. The van der Waals surface area contributed by atoms with Gasteiger partial charge in [-0.3, -0.25) is 9.59 Å². The number of unbranched alkanes of at least 4 members (excludes halogenated alkanes) is 13. The fraction of sp³-hybridized carbons (Fsp3) is 0.833. The van der Waals surface area contributed by atoms with Crippen molar-refractivity contribution in [3.63, 3.8) is 0 Å². The van der Waals surface area contributed by atoms with Crippen LogP contribution in [0.4, 0.5) is 0 Å². The van der Waals surface area contributed by atoms with Crippen LogP contribution in [-0.4, -0.2) is 23.7 Å². The summed E-state index contributed by atoms with van der Waals surface area (Å²) >= 11 is 0. The first-order valence-corrected chi connectivity index (χ1v) is 12.0. The summed E-state index contributed by atoms with van der Waals surface area (Å²) in [5, 5.41) is 0.970. The van der Waals surface area contributed by atoms with Gasteiger partial charge in [0.1, 0.15) is 0 Å². The molecule has 0 fully saturated rings. The molecule has 0 aromatic heterocycles. The molecule has 0 aromatic rings. The molecule has 0 rings (SSSR count). The van der Waals surface area contributed by atoms with E-state index in [1.54, 1.807) is 13.8 Å². The largest absolute Gasteiger partial charge is 1.00 e. The van der Waals surface area contributed by atoms with E-state index in [-0.39, 0.29) is 50.4 Å². The van der Waals surface area contributed by atoms with Crippen LogP contribution in [0.5, 0.6) is 0 Å². The Morgan fingerprint density at radius 1 is 0.667 bits per heavy atom. The molecule has 0 saturated heterocycles. The van der Waals surface area contributed by atoms with Gasteiger partial charge in [-0.1, -0.05) is 110 Å². The number of allylic oxidation sites excluding steroid dienone is 1. The van der Waals surface area contributed by atoms with Crippen molar-refractivity contribution in [2.75, 3.05) is 6.54 Å². The standard InChI is InChI=1S/C24H45NO4.Na.H/c1-4-7-8-9-10-11-12-13-14-15-16-17-18-19-20-21-22-25(28-23(26)5-2)29-24(27)6-3;;/h20-21H,4-19,22H2,1-3H3;;/q;+1;-1. The van der Waals surface area contributed by atoms with Gasteiger partial charge in [-0.05, 0) is 12.8 Å². The Labute approximate surface area is 209 Å². The molecule has 172 valence electrons. The first-order valence-electron chi connectivity index (χ1n) is 12.0. The van der Waals surface area contributed by atoms with Crippen molar-refractivity contribution in [1.82, 2.24) is 5.23 Å². The van der Waals surface area contributed by atoms with Crippen LogP contribution in [0.3, 0.4) is 0 Å². The van der Waals surface area contributed by atoms with Gasteiger partial charge in [-0.15, -0.1) is 0 Å². The van der Waals surface area contributed by atoms with E-state index in [0.29, 0.717) is 0 Å². The Morgan fingerprint density at radius 3 is 1.47 bits per heavy atom. The van der Waals surface area contributed by atoms with Crippen LogP contribution in [0, 0.1) is 0 Å². The third-order valence-corrected chi connectivity index (χ3v) is 4.88. The molecule has 0 aromatic carbocycles. The third-order valence-electron chi connectivity index (χ3n) is 4.88. The van der Waals surface area contributed by atoms with Crippen LogP contribution < -0.4 is 29.6 Å². The van der Waals surface area contributed by atoms with E-state index in [4.69, 9.17) is 9.68 Å². The zero-order valence-electron chi connectivity index (χ0n) is 21.3. The topological polar surface area (TPSA) is 55.8 Å². The molecule has 0 bridgehead atoms. The third kappa shape index (κ3) is 22.3. The Bertz CT molecular complexity index is 418. The molecule has 30 heavy (non-hydrogen) atoms. The molecule has 0 atom stereocenters. The molecule has 6 heteroatoms. The average molecular weight is 436 g/mol. The van der Waals surface area contributed by atoms with Crippen LogP contribution in [-0.2, 0) is 19.3 Å². The smallest absolute Gasteiger partial charge is 1.00 e. The van der Waals surface area contributed by atoms with E-state index in [1.807, 2.05) is 6.08 Å². The summed E-state index contributed by atoms with van der Waals surface area (Å²) in [5.41, 5.74) is 0. The van der Waals surface area contributed by atoms with Gasteiger partial charge in [-0.2, -0.15) is 0 Å². The van der Waals surface area contributed by atoms with Crippen molar-refractivity contribution in [3.8, 4) is 0 Å². The van der Waals surface area contributed by atoms with Gasteiger partial charge in [0.15, 0.2) is 0 Å². The molecule has 0 aliphatic heterocycles. The maximum atomic E-state index is 11.4. The van der Waals surface area contributed by atoms with Gasteiger partial charge in [0.25, 0.3) is 0 Å². The number of hydrogen-bond donors (Lipinski definition) is 0. The second-order valence-corrected chi connectivity index (χ2v) is 7.65. The van der Waals surface area contributed by atoms with Crippen LogP contribution >= 0.6 is 0 Å². The molecule has 0 saturated carbocycles. The van der Waals surface area contributed by atoms with Crippen molar-refractivity contribution < 1.29 is 50.2 Å². The minimum atomic E-state index is -0.418. The average Bonchev–Trinajstić information content (AvgIpc) is 2.72. The van der Waals surface area contributed by atoms with Gasteiger partial charge in [-0.25, -0.2) is 0 Å². The monoisotopic (exact) mass is 435 g/mol. The SMILES string of the molecule is CCCCCCCCCCCCCCCC=CCN(OC(=O)CC)OC(=O)CC.[H-].[Na+]. The predicted octanol–water partition coefficient (Wildman–Crippen LogP) is 4.18. The summed E-state index contributed by atoms with van der Waals surface area (Å²) in [5.74, 6) is -0.836. The van der Waals surface area contributed by atoms with Crippen molar-refractivity contribution in [2.24, 2.45) is 0 Å². The molecular weight excluding hydrogens is 389 g/mol. The normalized spacial score (nSPS) is 10.9. The van der Waals surface area contributed by atoms with E-state index in [2.05, 4.69) is 13.0 Å². The van der Waals surface area contributed by atoms with Gasteiger partial charge >= 0.3 is 41.5 Å². The number of rotatable bonds is 20. The summed E-state index contributed by atoms with van der Waals surface area (Å²) in [6.07, 6.45) is 23.0. The number of hydrogen-bond acceptors (Lipinski definition) is 5. The minimum absolute atomic E-state index is 0. The molecule has 5 nitrogen and oxygen atoms in total. The van der Waals surface area contributed by atoms with Crippen molar-refractivity contribution in [1.29, 1.82) is 0 Å². The molecule has 0 N–H and O–H groups in total. The number of carbonyl (C=O) groups is 2. The van der Waals surface area contributed by atoms with E-state index < -0.39 is 11.9 Å². The second kappa shape index (κ2) is 24.9. The predicted molar refractivity (Wildman–Crippen MR) is 120 cm³/mol. The zero-order chi connectivity index (χ0) is 21.6. The maximum absolute atomic E-state index is 11.4. The Balaban J connectivity index is -0.00000392.